The molecule has 0 spiro atoms. The van der Waals surface area contributed by atoms with E-state index in [1.165, 1.54) is 15.6 Å². The SMILES string of the molecule is CN(C(=O)OC(C)(C)C)c1cc(Nc2cccnc2OC2CC2)nc2c(C(N)O)cnn12. The Morgan fingerprint density at radius 2 is 2.16 bits per heavy atom. The molecule has 1 amide bonds. The van der Waals surface area contributed by atoms with Crippen molar-refractivity contribution < 1.29 is 19.4 Å². The highest BCUT2D eigenvalue weighted by Crippen LogP contribution is 2.32. The number of anilines is 3. The zero-order valence-corrected chi connectivity index (χ0v) is 18.4. The zero-order chi connectivity index (χ0) is 23.0. The summed E-state index contributed by atoms with van der Waals surface area (Å²) in [4.78, 5) is 22.9. The number of nitrogens with one attached hydrogen (secondary N) is 1. The van der Waals surface area contributed by atoms with E-state index in [4.69, 9.17) is 15.2 Å². The van der Waals surface area contributed by atoms with E-state index in [1.807, 2.05) is 6.07 Å². The van der Waals surface area contributed by atoms with Gasteiger partial charge >= 0.3 is 6.09 Å². The molecule has 1 aliphatic rings. The zero-order valence-electron chi connectivity index (χ0n) is 18.4. The highest BCUT2D eigenvalue weighted by atomic mass is 16.6. The van der Waals surface area contributed by atoms with Crippen LogP contribution < -0.4 is 20.7 Å². The second-order valence-corrected chi connectivity index (χ2v) is 8.62. The van der Waals surface area contributed by atoms with Crippen LogP contribution in [0.3, 0.4) is 0 Å². The predicted molar refractivity (Wildman–Crippen MR) is 118 cm³/mol. The maximum Gasteiger partial charge on any atom is 0.415 e. The summed E-state index contributed by atoms with van der Waals surface area (Å²) in [7, 11) is 1.57. The minimum atomic E-state index is -1.29. The molecule has 0 radical (unpaired) electrons. The minimum Gasteiger partial charge on any atom is -0.473 e. The molecule has 11 heteroatoms. The van der Waals surface area contributed by atoms with Gasteiger partial charge in [-0.05, 0) is 45.7 Å². The van der Waals surface area contributed by atoms with E-state index >= 15 is 0 Å². The van der Waals surface area contributed by atoms with Gasteiger partial charge in [0.2, 0.25) is 5.88 Å². The van der Waals surface area contributed by atoms with Crippen LogP contribution in [0.5, 0.6) is 5.88 Å². The summed E-state index contributed by atoms with van der Waals surface area (Å²) < 4.78 is 12.8. The molecule has 1 atom stereocenters. The Hall–Kier alpha value is -3.44. The molecule has 32 heavy (non-hydrogen) atoms. The lowest BCUT2D eigenvalue weighted by molar-refractivity contribution is 0.0587. The average Bonchev–Trinajstić information content (AvgIpc) is 3.42. The first-order valence-corrected chi connectivity index (χ1v) is 10.3. The molecule has 3 aromatic rings. The van der Waals surface area contributed by atoms with Gasteiger partial charge in [-0.2, -0.15) is 9.61 Å². The number of aliphatic hydroxyl groups is 1. The summed E-state index contributed by atoms with van der Waals surface area (Å²) in [5.41, 5.74) is 6.24. The Labute approximate surface area is 185 Å². The van der Waals surface area contributed by atoms with Crippen molar-refractivity contribution in [2.45, 2.75) is 51.5 Å². The van der Waals surface area contributed by atoms with Crippen LogP contribution in [0, 0.1) is 0 Å². The molecule has 0 saturated heterocycles. The normalized spacial score (nSPS) is 14.8. The van der Waals surface area contributed by atoms with Gasteiger partial charge in [0, 0.05) is 19.3 Å². The third kappa shape index (κ3) is 4.73. The number of carbonyl (C=O) groups is 1. The molecule has 1 fully saturated rings. The Bertz CT molecular complexity index is 1130. The van der Waals surface area contributed by atoms with Crippen LogP contribution in [-0.4, -0.2) is 49.5 Å². The number of hydrogen-bond acceptors (Lipinski definition) is 9. The molecular formula is C21H27N7O4. The summed E-state index contributed by atoms with van der Waals surface area (Å²) in [6.45, 7) is 5.36. The van der Waals surface area contributed by atoms with Crippen molar-refractivity contribution in [3.63, 3.8) is 0 Å². The van der Waals surface area contributed by atoms with Gasteiger partial charge in [-0.25, -0.2) is 14.8 Å². The third-order valence-electron chi connectivity index (χ3n) is 4.65. The van der Waals surface area contributed by atoms with Gasteiger partial charge in [-0.1, -0.05) is 0 Å². The fourth-order valence-electron chi connectivity index (χ4n) is 2.96. The maximum absolute atomic E-state index is 12.7. The number of pyridine rings is 1. The molecule has 3 heterocycles. The van der Waals surface area contributed by atoms with Crippen molar-refractivity contribution in [3.8, 4) is 5.88 Å². The monoisotopic (exact) mass is 441 g/mol. The fraction of sp³-hybridized carbons (Fsp3) is 0.429. The van der Waals surface area contributed by atoms with Crippen LogP contribution in [-0.2, 0) is 4.74 Å². The lowest BCUT2D eigenvalue weighted by atomic mass is 10.2. The number of aliphatic hydroxyl groups excluding tert-OH is 1. The molecule has 4 rings (SSSR count). The number of hydrogen-bond donors (Lipinski definition) is 3. The molecule has 11 nitrogen and oxygen atoms in total. The topological polar surface area (TPSA) is 140 Å². The summed E-state index contributed by atoms with van der Waals surface area (Å²) in [5, 5.41) is 17.4. The average molecular weight is 441 g/mol. The highest BCUT2D eigenvalue weighted by Gasteiger charge is 2.27. The van der Waals surface area contributed by atoms with Gasteiger partial charge in [0.25, 0.3) is 0 Å². The van der Waals surface area contributed by atoms with Crippen molar-refractivity contribution in [2.24, 2.45) is 5.73 Å². The third-order valence-corrected chi connectivity index (χ3v) is 4.65. The molecule has 0 aliphatic heterocycles. The van der Waals surface area contributed by atoms with E-state index in [2.05, 4.69) is 20.4 Å². The largest absolute Gasteiger partial charge is 0.473 e. The summed E-state index contributed by atoms with van der Waals surface area (Å²) in [6, 6.07) is 5.25. The number of nitrogens with zero attached hydrogens (tertiary/aromatic N) is 5. The molecule has 4 N–H and O–H groups in total. The van der Waals surface area contributed by atoms with Gasteiger partial charge in [0.15, 0.2) is 5.65 Å². The molecular weight excluding hydrogens is 414 g/mol. The maximum atomic E-state index is 12.7. The minimum absolute atomic E-state index is 0.170. The molecule has 0 aromatic carbocycles. The number of rotatable bonds is 6. The van der Waals surface area contributed by atoms with Gasteiger partial charge in [0.1, 0.15) is 35.3 Å². The summed E-state index contributed by atoms with van der Waals surface area (Å²) in [5.74, 6) is 1.22. The summed E-state index contributed by atoms with van der Waals surface area (Å²) in [6.07, 6.45) is 3.37. The van der Waals surface area contributed by atoms with Crippen LogP contribution in [0.25, 0.3) is 5.65 Å². The highest BCUT2D eigenvalue weighted by molar-refractivity contribution is 5.87. The molecule has 0 bridgehead atoms. The Morgan fingerprint density at radius 1 is 1.41 bits per heavy atom. The lowest BCUT2D eigenvalue weighted by Gasteiger charge is -2.25. The van der Waals surface area contributed by atoms with E-state index in [9.17, 15) is 9.90 Å². The van der Waals surface area contributed by atoms with Crippen LogP contribution in [0.4, 0.5) is 22.1 Å². The number of nitrogens with two attached hydrogens (primary N) is 1. The standard InChI is InChI=1S/C21H27N7O4/c1-21(2,3)32-20(30)27(4)16-10-15(26-18-13(17(22)29)11-24-28(16)18)25-14-6-5-9-23-19(14)31-12-7-8-12/h5-6,9-12,17,29H,7-8,22H2,1-4H3,(H,25,26). The quantitative estimate of drug-likeness (QED) is 0.492. The van der Waals surface area contributed by atoms with Crippen LogP contribution in [0.2, 0.25) is 0 Å². The predicted octanol–water partition coefficient (Wildman–Crippen LogP) is 2.73. The van der Waals surface area contributed by atoms with Crippen LogP contribution in [0.1, 0.15) is 45.4 Å². The molecule has 1 aliphatic carbocycles. The van der Waals surface area contributed by atoms with Gasteiger partial charge in [-0.15, -0.1) is 0 Å². The van der Waals surface area contributed by atoms with Crippen molar-refractivity contribution in [1.82, 2.24) is 19.6 Å². The van der Waals surface area contributed by atoms with Crippen molar-refractivity contribution in [2.75, 3.05) is 17.3 Å². The first kappa shape index (κ1) is 21.8. The van der Waals surface area contributed by atoms with Gasteiger partial charge in [0.05, 0.1) is 11.8 Å². The first-order chi connectivity index (χ1) is 15.1. The number of fused-ring (bicyclic) bond motifs is 1. The fourth-order valence-corrected chi connectivity index (χ4v) is 2.96. The number of aromatic nitrogens is 4. The van der Waals surface area contributed by atoms with Crippen molar-refractivity contribution >= 4 is 29.1 Å². The van der Waals surface area contributed by atoms with E-state index in [0.717, 1.165) is 12.8 Å². The molecule has 170 valence electrons. The second-order valence-electron chi connectivity index (χ2n) is 8.62. The van der Waals surface area contributed by atoms with E-state index in [0.29, 0.717) is 34.4 Å². The van der Waals surface area contributed by atoms with Gasteiger partial charge < -0.3 is 25.6 Å². The van der Waals surface area contributed by atoms with E-state index in [-0.39, 0.29) is 6.10 Å². The Balaban J connectivity index is 1.75. The van der Waals surface area contributed by atoms with Crippen LogP contribution >= 0.6 is 0 Å². The Morgan fingerprint density at radius 3 is 2.81 bits per heavy atom. The summed E-state index contributed by atoms with van der Waals surface area (Å²) >= 11 is 0. The van der Waals surface area contributed by atoms with Crippen LogP contribution in [0.15, 0.2) is 30.6 Å². The molecule has 3 aromatic heterocycles. The molecule has 1 unspecified atom stereocenters. The Kier molecular flexibility index (Phi) is 5.61. The smallest absolute Gasteiger partial charge is 0.415 e. The molecule has 1 saturated carbocycles. The second kappa shape index (κ2) is 8.24. The van der Waals surface area contributed by atoms with Crippen molar-refractivity contribution in [1.29, 1.82) is 0 Å². The van der Waals surface area contributed by atoms with E-state index < -0.39 is 17.9 Å². The number of amides is 1. The first-order valence-electron chi connectivity index (χ1n) is 10.3. The van der Waals surface area contributed by atoms with E-state index in [1.54, 1.807) is 46.1 Å². The van der Waals surface area contributed by atoms with Crippen molar-refractivity contribution in [3.05, 3.63) is 36.2 Å². The van der Waals surface area contributed by atoms with Gasteiger partial charge in [-0.3, -0.25) is 4.90 Å². The lowest BCUT2D eigenvalue weighted by Crippen LogP contribution is -2.35. The number of ether oxygens (including phenoxy) is 2. The number of carbonyl (C=O) groups excluding carboxylic acids is 1.